The summed E-state index contributed by atoms with van der Waals surface area (Å²) >= 11 is 0. The first-order valence-electron chi connectivity index (χ1n) is 7.17. The third kappa shape index (κ3) is 14.5. The normalized spacial score (nSPS) is 10.2. The summed E-state index contributed by atoms with van der Waals surface area (Å²) in [4.78, 5) is 19.4. The highest BCUT2D eigenvalue weighted by molar-refractivity contribution is 5.79. The van der Waals surface area contributed by atoms with Gasteiger partial charge in [0, 0.05) is 6.04 Å². The lowest BCUT2D eigenvalue weighted by atomic mass is 10.1. The van der Waals surface area contributed by atoms with Gasteiger partial charge in [0.1, 0.15) is 5.78 Å². The monoisotopic (exact) mass is 295 g/mol. The number of nitrogens with two attached hydrogens (primary N) is 1. The topological polar surface area (TPSA) is 84.2 Å². The number of carbonyl (C=O) groups is 2. The third-order valence-corrected chi connectivity index (χ3v) is 2.38. The first-order valence-corrected chi connectivity index (χ1v) is 7.17. The third-order valence-electron chi connectivity index (χ3n) is 2.38. The lowest BCUT2D eigenvalue weighted by molar-refractivity contribution is -0.118. The van der Waals surface area contributed by atoms with Gasteiger partial charge in [0.15, 0.2) is 0 Å². The molecule has 1 unspecified atom stereocenters. The van der Waals surface area contributed by atoms with E-state index in [9.17, 15) is 9.59 Å². The Kier molecular flexibility index (Phi) is 15.1. The van der Waals surface area contributed by atoms with Gasteiger partial charge in [0.25, 0.3) is 0 Å². The highest BCUT2D eigenvalue weighted by Gasteiger charge is 1.99. The number of hydrogen-bond acceptors (Lipinski definition) is 4. The Balaban J connectivity index is 0. The van der Waals surface area contributed by atoms with Crippen LogP contribution in [0.3, 0.4) is 0 Å². The van der Waals surface area contributed by atoms with Gasteiger partial charge in [0.05, 0.1) is 6.54 Å². The Morgan fingerprint density at radius 1 is 1.29 bits per heavy atom. The molecular formula is C16H29N3O2. The smallest absolute Gasteiger partial charge is 0.207 e. The molecule has 0 saturated carbocycles. The van der Waals surface area contributed by atoms with Gasteiger partial charge in [0.2, 0.25) is 6.41 Å². The van der Waals surface area contributed by atoms with Crippen molar-refractivity contribution in [3.63, 3.8) is 0 Å². The van der Waals surface area contributed by atoms with E-state index < -0.39 is 0 Å². The largest absolute Gasteiger partial charge is 0.352 e. The van der Waals surface area contributed by atoms with Crippen LogP contribution in [-0.2, 0) is 16.0 Å². The SMILES string of the molecule is CC.CC(=O)CNC=O.Cc1ccc(CC(C)NN)cc1. The Bertz CT molecular complexity index is 378. The molecule has 1 amide bonds. The summed E-state index contributed by atoms with van der Waals surface area (Å²) in [7, 11) is 0. The maximum Gasteiger partial charge on any atom is 0.207 e. The number of carbonyl (C=O) groups excluding carboxylic acids is 2. The highest BCUT2D eigenvalue weighted by atomic mass is 16.1. The molecule has 5 nitrogen and oxygen atoms in total. The summed E-state index contributed by atoms with van der Waals surface area (Å²) in [6, 6.07) is 8.87. The average Bonchev–Trinajstić information content (AvgIpc) is 2.50. The predicted octanol–water partition coefficient (Wildman–Crippen LogP) is 1.74. The van der Waals surface area contributed by atoms with Crippen molar-refractivity contribution in [2.24, 2.45) is 5.84 Å². The quantitative estimate of drug-likeness (QED) is 0.424. The molecule has 1 rings (SSSR count). The average molecular weight is 295 g/mol. The van der Waals surface area contributed by atoms with E-state index in [0.717, 1.165) is 6.42 Å². The standard InChI is InChI=1S/C10H16N2.C4H7NO2.C2H6/c1-8-3-5-10(6-4-8)7-9(2)12-11;1-4(7)2-5-3-6;1-2/h3-6,9,12H,7,11H2,1-2H3;3H,2H2,1H3,(H,5,6);1-2H3. The van der Waals surface area contributed by atoms with Crippen molar-refractivity contribution in [3.8, 4) is 0 Å². The van der Waals surface area contributed by atoms with Crippen molar-refractivity contribution < 1.29 is 9.59 Å². The van der Waals surface area contributed by atoms with E-state index in [1.54, 1.807) is 0 Å². The molecule has 0 spiro atoms. The fourth-order valence-corrected chi connectivity index (χ4v) is 1.32. The summed E-state index contributed by atoms with van der Waals surface area (Å²) in [6.45, 7) is 9.72. The maximum absolute atomic E-state index is 9.98. The molecule has 21 heavy (non-hydrogen) atoms. The first kappa shape index (κ1) is 21.6. The van der Waals surface area contributed by atoms with Gasteiger partial charge in [-0.25, -0.2) is 0 Å². The van der Waals surface area contributed by atoms with Crippen molar-refractivity contribution >= 4 is 12.2 Å². The van der Waals surface area contributed by atoms with Gasteiger partial charge in [-0.15, -0.1) is 0 Å². The number of hydrogen-bond donors (Lipinski definition) is 3. The second-order valence-corrected chi connectivity index (χ2v) is 4.46. The van der Waals surface area contributed by atoms with Gasteiger partial charge in [-0.3, -0.25) is 20.9 Å². The van der Waals surface area contributed by atoms with Crippen LogP contribution in [0.1, 0.15) is 38.8 Å². The van der Waals surface area contributed by atoms with Crippen LogP contribution >= 0.6 is 0 Å². The number of Topliss-reactive ketones (excluding diaryl/α,β-unsaturated/α-hetero) is 1. The summed E-state index contributed by atoms with van der Waals surface area (Å²) in [5, 5.41) is 2.22. The molecule has 5 heteroatoms. The van der Waals surface area contributed by atoms with E-state index in [-0.39, 0.29) is 12.3 Å². The molecular weight excluding hydrogens is 266 g/mol. The van der Waals surface area contributed by atoms with Crippen LogP contribution in [0, 0.1) is 6.92 Å². The molecule has 1 aromatic carbocycles. The van der Waals surface area contributed by atoms with Crippen LogP contribution in [0.15, 0.2) is 24.3 Å². The molecule has 4 N–H and O–H groups in total. The molecule has 1 aromatic rings. The van der Waals surface area contributed by atoms with Crippen molar-refractivity contribution in [1.29, 1.82) is 0 Å². The van der Waals surface area contributed by atoms with Gasteiger partial charge in [-0.1, -0.05) is 43.7 Å². The minimum Gasteiger partial charge on any atom is -0.352 e. The van der Waals surface area contributed by atoms with Gasteiger partial charge in [-0.2, -0.15) is 0 Å². The Morgan fingerprint density at radius 2 is 1.81 bits per heavy atom. The Hall–Kier alpha value is -1.72. The molecule has 1 atom stereocenters. The molecule has 0 aliphatic heterocycles. The fourth-order valence-electron chi connectivity index (χ4n) is 1.32. The zero-order valence-electron chi connectivity index (χ0n) is 13.8. The number of hydrazine groups is 1. The molecule has 0 saturated heterocycles. The number of rotatable bonds is 6. The van der Waals surface area contributed by atoms with E-state index in [1.807, 2.05) is 13.8 Å². The second kappa shape index (κ2) is 14.7. The van der Waals surface area contributed by atoms with Crippen LogP contribution in [-0.4, -0.2) is 24.8 Å². The summed E-state index contributed by atoms with van der Waals surface area (Å²) in [5.41, 5.74) is 5.35. The van der Waals surface area contributed by atoms with E-state index in [0.29, 0.717) is 12.5 Å². The Labute approximate surface area is 128 Å². The zero-order chi connectivity index (χ0) is 16.7. The van der Waals surface area contributed by atoms with Crippen molar-refractivity contribution in [1.82, 2.24) is 10.7 Å². The predicted molar refractivity (Wildman–Crippen MR) is 87.8 cm³/mol. The van der Waals surface area contributed by atoms with Crippen LogP contribution in [0.2, 0.25) is 0 Å². The lowest BCUT2D eigenvalue weighted by Gasteiger charge is -2.09. The second-order valence-electron chi connectivity index (χ2n) is 4.46. The lowest BCUT2D eigenvalue weighted by Crippen LogP contribution is -2.33. The first-order chi connectivity index (χ1) is 9.99. The van der Waals surface area contributed by atoms with E-state index >= 15 is 0 Å². The van der Waals surface area contributed by atoms with Crippen LogP contribution in [0.5, 0.6) is 0 Å². The van der Waals surface area contributed by atoms with Gasteiger partial charge >= 0.3 is 0 Å². The van der Waals surface area contributed by atoms with Crippen molar-refractivity contribution in [2.75, 3.05) is 6.54 Å². The zero-order valence-corrected chi connectivity index (χ0v) is 13.8. The summed E-state index contributed by atoms with van der Waals surface area (Å²) in [6.07, 6.45) is 1.48. The van der Waals surface area contributed by atoms with Crippen molar-refractivity contribution in [2.45, 2.75) is 47.1 Å². The van der Waals surface area contributed by atoms with E-state index in [1.165, 1.54) is 18.1 Å². The number of benzene rings is 1. The van der Waals surface area contributed by atoms with Crippen LogP contribution < -0.4 is 16.6 Å². The molecule has 0 fully saturated rings. The number of amides is 1. The summed E-state index contributed by atoms with van der Waals surface area (Å²) < 4.78 is 0. The van der Waals surface area contributed by atoms with Crippen LogP contribution in [0.25, 0.3) is 0 Å². The molecule has 0 bridgehead atoms. The maximum atomic E-state index is 9.98. The molecule has 120 valence electrons. The van der Waals surface area contributed by atoms with Crippen LogP contribution in [0.4, 0.5) is 0 Å². The minimum absolute atomic E-state index is 0.0351. The number of ketones is 1. The highest BCUT2D eigenvalue weighted by Crippen LogP contribution is 2.05. The number of aryl methyl sites for hydroxylation is 1. The molecule has 0 aliphatic rings. The number of nitrogens with one attached hydrogen (secondary N) is 2. The van der Waals surface area contributed by atoms with E-state index in [2.05, 4.69) is 48.9 Å². The fraction of sp³-hybridized carbons (Fsp3) is 0.500. The van der Waals surface area contributed by atoms with Gasteiger partial charge in [-0.05, 0) is 32.8 Å². The molecule has 0 heterocycles. The van der Waals surface area contributed by atoms with Crippen molar-refractivity contribution in [3.05, 3.63) is 35.4 Å². The summed E-state index contributed by atoms with van der Waals surface area (Å²) in [5.74, 6) is 5.26. The van der Waals surface area contributed by atoms with E-state index in [4.69, 9.17) is 5.84 Å². The van der Waals surface area contributed by atoms with Gasteiger partial charge < -0.3 is 5.32 Å². The minimum atomic E-state index is -0.0351. The Morgan fingerprint density at radius 3 is 2.14 bits per heavy atom. The molecule has 0 aliphatic carbocycles. The molecule has 0 radical (unpaired) electrons. The molecule has 0 aromatic heterocycles.